The molecule has 1 fully saturated rings. The number of nitrogens with zero attached hydrogens (tertiary/aromatic N) is 2. The van der Waals surface area contributed by atoms with Crippen LogP contribution in [0.2, 0.25) is 0 Å². The van der Waals surface area contributed by atoms with Gasteiger partial charge in [0.1, 0.15) is 0 Å². The molecule has 2 heterocycles. The lowest BCUT2D eigenvalue weighted by Crippen LogP contribution is -2.36. The van der Waals surface area contributed by atoms with E-state index in [4.69, 9.17) is 9.72 Å². The van der Waals surface area contributed by atoms with E-state index in [1.165, 1.54) is 0 Å². The average molecular weight is 347 g/mol. The predicted octanol–water partition coefficient (Wildman–Crippen LogP) is 3.90. The van der Waals surface area contributed by atoms with Gasteiger partial charge < -0.3 is 15.0 Å². The number of anilines is 2. The molecule has 0 radical (unpaired) electrons. The maximum absolute atomic E-state index is 12.1. The minimum Gasteiger partial charge on any atom is -0.378 e. The molecular weight excluding hydrogens is 322 g/mol. The number of hydrogen-bond donors (Lipinski definition) is 1. The van der Waals surface area contributed by atoms with Gasteiger partial charge in [-0.25, -0.2) is 4.98 Å². The molecule has 0 aliphatic carbocycles. The molecule has 0 bridgehead atoms. The zero-order valence-electron chi connectivity index (χ0n) is 14.4. The Balaban J connectivity index is 1.68. The third-order valence-corrected chi connectivity index (χ3v) is 5.34. The molecule has 0 saturated carbocycles. The molecule has 3 rings (SSSR count). The summed E-state index contributed by atoms with van der Waals surface area (Å²) in [7, 11) is 0. The number of aromatic nitrogens is 1. The lowest BCUT2D eigenvalue weighted by molar-refractivity contribution is -0.117. The lowest BCUT2D eigenvalue weighted by Gasteiger charge is -2.25. The molecule has 1 aromatic heterocycles. The van der Waals surface area contributed by atoms with Crippen LogP contribution in [0, 0.1) is 5.92 Å². The standard InChI is InChI=1S/C18H25N3O2S/c1-3-4-13(2)11-17(22)19-14-5-6-15-16(12-14)24-18(20-15)21-7-9-23-10-8-21/h5-6,12-13H,3-4,7-11H2,1-2H3,(H,19,22). The molecule has 1 aromatic carbocycles. The Morgan fingerprint density at radius 2 is 2.21 bits per heavy atom. The summed E-state index contributed by atoms with van der Waals surface area (Å²) in [5.74, 6) is 0.517. The second-order valence-corrected chi connectivity index (χ2v) is 7.43. The Hall–Kier alpha value is -1.66. The van der Waals surface area contributed by atoms with Crippen LogP contribution in [-0.2, 0) is 9.53 Å². The molecular formula is C18H25N3O2S. The van der Waals surface area contributed by atoms with Crippen LogP contribution in [0.1, 0.15) is 33.1 Å². The van der Waals surface area contributed by atoms with E-state index in [1.807, 2.05) is 18.2 Å². The van der Waals surface area contributed by atoms with Crippen molar-refractivity contribution in [1.82, 2.24) is 4.98 Å². The van der Waals surface area contributed by atoms with Gasteiger partial charge in [0.25, 0.3) is 0 Å². The van der Waals surface area contributed by atoms with Gasteiger partial charge in [-0.1, -0.05) is 38.0 Å². The van der Waals surface area contributed by atoms with Crippen LogP contribution >= 0.6 is 11.3 Å². The zero-order valence-corrected chi connectivity index (χ0v) is 15.2. The number of carbonyl (C=O) groups excluding carboxylic acids is 1. The summed E-state index contributed by atoms with van der Waals surface area (Å²) in [6, 6.07) is 5.95. The minimum absolute atomic E-state index is 0.0909. The number of morpholine rings is 1. The highest BCUT2D eigenvalue weighted by Gasteiger charge is 2.16. The van der Waals surface area contributed by atoms with Crippen molar-refractivity contribution in [3.63, 3.8) is 0 Å². The maximum Gasteiger partial charge on any atom is 0.224 e. The fourth-order valence-corrected chi connectivity index (χ4v) is 4.06. The quantitative estimate of drug-likeness (QED) is 0.861. The number of nitrogens with one attached hydrogen (secondary N) is 1. The number of fused-ring (bicyclic) bond motifs is 1. The fourth-order valence-electron chi connectivity index (χ4n) is 3.00. The summed E-state index contributed by atoms with van der Waals surface area (Å²) < 4.78 is 6.50. The Bertz CT molecular complexity index is 695. The van der Waals surface area contributed by atoms with E-state index in [2.05, 4.69) is 24.1 Å². The topological polar surface area (TPSA) is 54.5 Å². The fraction of sp³-hybridized carbons (Fsp3) is 0.556. The van der Waals surface area contributed by atoms with E-state index in [9.17, 15) is 4.79 Å². The van der Waals surface area contributed by atoms with Crippen LogP contribution in [0.4, 0.5) is 10.8 Å². The Morgan fingerprint density at radius 3 is 2.96 bits per heavy atom. The summed E-state index contributed by atoms with van der Waals surface area (Å²) >= 11 is 1.68. The summed E-state index contributed by atoms with van der Waals surface area (Å²) in [5, 5.41) is 4.05. The van der Waals surface area contributed by atoms with E-state index < -0.39 is 0 Å². The zero-order chi connectivity index (χ0) is 16.9. The van der Waals surface area contributed by atoms with Gasteiger partial charge in [0.05, 0.1) is 23.4 Å². The number of benzene rings is 1. The van der Waals surface area contributed by atoms with E-state index in [-0.39, 0.29) is 5.91 Å². The van der Waals surface area contributed by atoms with Gasteiger partial charge in [-0.05, 0) is 24.1 Å². The average Bonchev–Trinajstić information content (AvgIpc) is 2.99. The van der Waals surface area contributed by atoms with E-state index in [1.54, 1.807) is 11.3 Å². The van der Waals surface area contributed by atoms with Gasteiger partial charge in [0.15, 0.2) is 5.13 Å². The van der Waals surface area contributed by atoms with Crippen molar-refractivity contribution in [3.05, 3.63) is 18.2 Å². The smallest absolute Gasteiger partial charge is 0.224 e. The minimum atomic E-state index is 0.0909. The summed E-state index contributed by atoms with van der Waals surface area (Å²) in [4.78, 5) is 19.1. The SMILES string of the molecule is CCCC(C)CC(=O)Nc1ccc2nc(N3CCOCC3)sc2c1. The summed E-state index contributed by atoms with van der Waals surface area (Å²) in [6.07, 6.45) is 2.78. The van der Waals surface area contributed by atoms with Crippen LogP contribution in [0.25, 0.3) is 10.2 Å². The first-order chi connectivity index (χ1) is 11.7. The highest BCUT2D eigenvalue weighted by molar-refractivity contribution is 7.22. The van der Waals surface area contributed by atoms with E-state index in [0.29, 0.717) is 12.3 Å². The van der Waals surface area contributed by atoms with Crippen LogP contribution in [0.5, 0.6) is 0 Å². The molecule has 1 N–H and O–H groups in total. The molecule has 1 aliphatic rings. The molecule has 24 heavy (non-hydrogen) atoms. The second kappa shape index (κ2) is 7.94. The highest BCUT2D eigenvalue weighted by Crippen LogP contribution is 2.31. The van der Waals surface area contributed by atoms with Crippen molar-refractivity contribution in [2.24, 2.45) is 5.92 Å². The second-order valence-electron chi connectivity index (χ2n) is 6.42. The van der Waals surface area contributed by atoms with Crippen molar-refractivity contribution in [1.29, 1.82) is 0 Å². The van der Waals surface area contributed by atoms with Gasteiger partial charge in [-0.15, -0.1) is 0 Å². The number of hydrogen-bond acceptors (Lipinski definition) is 5. The number of thiazole rings is 1. The normalized spacial score (nSPS) is 16.3. The van der Waals surface area contributed by atoms with Crippen molar-refractivity contribution in [2.45, 2.75) is 33.1 Å². The molecule has 130 valence electrons. The molecule has 1 aliphatic heterocycles. The first-order valence-electron chi connectivity index (χ1n) is 8.69. The first kappa shape index (κ1) is 17.2. The number of carbonyl (C=O) groups is 1. The summed E-state index contributed by atoms with van der Waals surface area (Å²) in [5.41, 5.74) is 1.84. The number of ether oxygens (including phenoxy) is 1. The maximum atomic E-state index is 12.1. The summed E-state index contributed by atoms with van der Waals surface area (Å²) in [6.45, 7) is 7.57. The van der Waals surface area contributed by atoms with Crippen LogP contribution in [0.15, 0.2) is 18.2 Å². The predicted molar refractivity (Wildman–Crippen MR) is 100.0 cm³/mol. The van der Waals surface area contributed by atoms with Crippen molar-refractivity contribution in [2.75, 3.05) is 36.5 Å². The van der Waals surface area contributed by atoms with Crippen molar-refractivity contribution in [3.8, 4) is 0 Å². The first-order valence-corrected chi connectivity index (χ1v) is 9.50. The molecule has 1 amide bonds. The van der Waals surface area contributed by atoms with Crippen LogP contribution in [0.3, 0.4) is 0 Å². The largest absolute Gasteiger partial charge is 0.378 e. The number of amides is 1. The molecule has 0 spiro atoms. The monoisotopic (exact) mass is 347 g/mol. The molecule has 2 aromatic rings. The third-order valence-electron chi connectivity index (χ3n) is 4.26. The number of rotatable bonds is 6. The Labute approximate surface area is 147 Å². The van der Waals surface area contributed by atoms with Crippen molar-refractivity contribution >= 4 is 38.3 Å². The van der Waals surface area contributed by atoms with Crippen LogP contribution < -0.4 is 10.2 Å². The molecule has 6 heteroatoms. The van der Waals surface area contributed by atoms with Gasteiger partial charge in [-0.2, -0.15) is 0 Å². The molecule has 1 unspecified atom stereocenters. The van der Waals surface area contributed by atoms with Gasteiger partial charge >= 0.3 is 0 Å². The third kappa shape index (κ3) is 4.24. The van der Waals surface area contributed by atoms with Crippen molar-refractivity contribution < 1.29 is 9.53 Å². The molecule has 5 nitrogen and oxygen atoms in total. The van der Waals surface area contributed by atoms with Gasteiger partial charge in [0, 0.05) is 25.2 Å². The molecule has 1 saturated heterocycles. The lowest BCUT2D eigenvalue weighted by atomic mass is 10.0. The molecule has 1 atom stereocenters. The van der Waals surface area contributed by atoms with E-state index in [0.717, 1.165) is 60.2 Å². The highest BCUT2D eigenvalue weighted by atomic mass is 32.1. The van der Waals surface area contributed by atoms with Gasteiger partial charge in [0.2, 0.25) is 5.91 Å². The van der Waals surface area contributed by atoms with Gasteiger partial charge in [-0.3, -0.25) is 4.79 Å². The van der Waals surface area contributed by atoms with Crippen LogP contribution in [-0.4, -0.2) is 37.2 Å². The Morgan fingerprint density at radius 1 is 1.42 bits per heavy atom. The van der Waals surface area contributed by atoms with E-state index >= 15 is 0 Å². The Kier molecular flexibility index (Phi) is 5.68.